The average molecular weight is 487 g/mol. The van der Waals surface area contributed by atoms with Gasteiger partial charge < -0.3 is 14.0 Å². The highest BCUT2D eigenvalue weighted by Crippen LogP contribution is 2.40. The number of halogens is 4. The van der Waals surface area contributed by atoms with Crippen LogP contribution in [0.3, 0.4) is 0 Å². The number of hydrogen-bond acceptors (Lipinski definition) is 6. The number of ether oxygens (including phenoxy) is 1. The van der Waals surface area contributed by atoms with Crippen molar-refractivity contribution in [3.63, 3.8) is 0 Å². The smallest absolute Gasteiger partial charge is 0.468 e. The number of alkyl halides is 3. The van der Waals surface area contributed by atoms with Crippen LogP contribution in [0.2, 0.25) is 0 Å². The van der Waals surface area contributed by atoms with Crippen LogP contribution in [0, 0.1) is 6.92 Å². The van der Waals surface area contributed by atoms with E-state index in [1.807, 2.05) is 0 Å². The van der Waals surface area contributed by atoms with Crippen molar-refractivity contribution in [1.29, 1.82) is 0 Å². The molecule has 2 aromatic carbocycles. The third-order valence-corrected chi connectivity index (χ3v) is 4.87. The lowest BCUT2D eigenvalue weighted by atomic mass is 9.97. The van der Waals surface area contributed by atoms with Gasteiger partial charge in [0.05, 0.1) is 12.7 Å². The number of fused-ring (bicyclic) bond motifs is 1. The molecule has 0 saturated carbocycles. The molecule has 0 bridgehead atoms. The van der Waals surface area contributed by atoms with Gasteiger partial charge in [-0.25, -0.2) is 0 Å². The van der Waals surface area contributed by atoms with E-state index >= 15 is 0 Å². The maximum Gasteiger partial charge on any atom is 0.534 e. The molecule has 1 N–H and O–H groups in total. The quantitative estimate of drug-likeness (QED) is 0.383. The Labute approximate surface area is 168 Å². The summed E-state index contributed by atoms with van der Waals surface area (Å²) in [5.74, 6) is -0.514. The van der Waals surface area contributed by atoms with Gasteiger partial charge in [0.15, 0.2) is 5.75 Å². The molecule has 0 heterocycles. The normalized spacial score (nSPS) is 12.7. The Hall–Kier alpha value is -1.85. The summed E-state index contributed by atoms with van der Waals surface area (Å²) in [6, 6.07) is 6.21. The number of aliphatic hydroxyl groups is 1. The second kappa shape index (κ2) is 9.57. The molecule has 1 atom stereocenters. The Bertz CT molecular complexity index is 942. The first-order valence-electron chi connectivity index (χ1n) is 7.82. The highest BCUT2D eigenvalue weighted by atomic mass is 79.9. The molecule has 0 fully saturated rings. The van der Waals surface area contributed by atoms with Gasteiger partial charge in [0.25, 0.3) is 6.47 Å². The molecule has 28 heavy (non-hydrogen) atoms. The van der Waals surface area contributed by atoms with E-state index in [2.05, 4.69) is 24.8 Å². The molecule has 0 aromatic heterocycles. The van der Waals surface area contributed by atoms with Gasteiger partial charge in [0.1, 0.15) is 0 Å². The van der Waals surface area contributed by atoms with Gasteiger partial charge >= 0.3 is 15.6 Å². The van der Waals surface area contributed by atoms with Gasteiger partial charge in [0.2, 0.25) is 0 Å². The van der Waals surface area contributed by atoms with Gasteiger partial charge in [-0.1, -0.05) is 22.0 Å². The van der Waals surface area contributed by atoms with Crippen molar-refractivity contribution >= 4 is 43.3 Å². The highest BCUT2D eigenvalue weighted by molar-refractivity contribution is 9.10. The standard InChI is InChI=1S/C14H12BrF3O4S.C3H6O2/c1-7-5-9-6-10(15)3-4-11(9)13(12(7)8(2)19)22-23(20,21)14(16,17)18;1-2-5-3-4/h3-6,8,19H,1-2H3;3H,2H2,1H3. The SMILES string of the molecule is CCOC=O.Cc1cc2cc(Br)ccc2c(OS(=O)(=O)C(F)(F)F)c1C(C)O. The molecule has 0 spiro atoms. The summed E-state index contributed by atoms with van der Waals surface area (Å²) in [7, 11) is -5.85. The average Bonchev–Trinajstić information content (AvgIpc) is 2.53. The summed E-state index contributed by atoms with van der Waals surface area (Å²) in [6.45, 7) is 5.54. The molecule has 6 nitrogen and oxygen atoms in total. The molecule has 2 rings (SSSR count). The molecule has 0 amide bonds. The van der Waals surface area contributed by atoms with E-state index in [4.69, 9.17) is 0 Å². The van der Waals surface area contributed by atoms with Crippen molar-refractivity contribution in [2.75, 3.05) is 6.61 Å². The second-order valence-electron chi connectivity index (χ2n) is 5.51. The predicted molar refractivity (Wildman–Crippen MR) is 100 cm³/mol. The minimum atomic E-state index is -5.85. The predicted octanol–water partition coefficient (Wildman–Crippen LogP) is 4.37. The summed E-state index contributed by atoms with van der Waals surface area (Å²) in [5.41, 5.74) is -5.15. The number of hydrogen-bond donors (Lipinski definition) is 1. The van der Waals surface area contributed by atoms with Crippen LogP contribution in [0.15, 0.2) is 28.7 Å². The van der Waals surface area contributed by atoms with E-state index in [1.165, 1.54) is 19.1 Å². The van der Waals surface area contributed by atoms with Crippen LogP contribution in [0.1, 0.15) is 31.1 Å². The van der Waals surface area contributed by atoms with Gasteiger partial charge in [-0.05, 0) is 49.9 Å². The fraction of sp³-hybridized carbons (Fsp3) is 0.353. The number of carbonyl (C=O) groups is 1. The lowest BCUT2D eigenvalue weighted by Crippen LogP contribution is -2.28. The number of benzene rings is 2. The lowest BCUT2D eigenvalue weighted by molar-refractivity contribution is -0.128. The van der Waals surface area contributed by atoms with Gasteiger partial charge in [-0.15, -0.1) is 0 Å². The minimum Gasteiger partial charge on any atom is -0.468 e. The minimum absolute atomic E-state index is 0.00681. The van der Waals surface area contributed by atoms with Crippen LogP contribution >= 0.6 is 15.9 Å². The Morgan fingerprint density at radius 2 is 1.89 bits per heavy atom. The summed E-state index contributed by atoms with van der Waals surface area (Å²) in [4.78, 5) is 9.18. The second-order valence-corrected chi connectivity index (χ2v) is 7.97. The van der Waals surface area contributed by atoms with E-state index in [-0.39, 0.29) is 10.9 Å². The molecule has 156 valence electrons. The third-order valence-electron chi connectivity index (χ3n) is 3.43. The lowest BCUT2D eigenvalue weighted by Gasteiger charge is -2.19. The third kappa shape index (κ3) is 5.82. The van der Waals surface area contributed by atoms with Crippen LogP contribution in [-0.2, 0) is 19.6 Å². The first-order chi connectivity index (χ1) is 12.9. The van der Waals surface area contributed by atoms with Crippen molar-refractivity contribution in [3.8, 4) is 5.75 Å². The fourth-order valence-corrected chi connectivity index (χ4v) is 3.20. The van der Waals surface area contributed by atoms with Gasteiger partial charge in [0, 0.05) is 15.4 Å². The van der Waals surface area contributed by atoms with E-state index < -0.39 is 27.5 Å². The van der Waals surface area contributed by atoms with Crippen LogP contribution in [0.5, 0.6) is 5.75 Å². The molecule has 0 aliphatic rings. The monoisotopic (exact) mass is 486 g/mol. The molecular formula is C17H18BrF3O6S. The maximum atomic E-state index is 12.6. The fourth-order valence-electron chi connectivity index (χ4n) is 2.33. The number of aryl methyl sites for hydroxylation is 1. The van der Waals surface area contributed by atoms with Crippen molar-refractivity contribution < 1.29 is 40.4 Å². The largest absolute Gasteiger partial charge is 0.534 e. The molecule has 0 aliphatic carbocycles. The van der Waals surface area contributed by atoms with Crippen molar-refractivity contribution in [2.45, 2.75) is 32.4 Å². The Morgan fingerprint density at radius 1 is 1.29 bits per heavy atom. The molecule has 0 radical (unpaired) electrons. The van der Waals surface area contributed by atoms with Crippen LogP contribution < -0.4 is 4.18 Å². The first kappa shape index (κ1) is 24.2. The summed E-state index contributed by atoms with van der Waals surface area (Å²) >= 11 is 3.23. The van der Waals surface area contributed by atoms with E-state index in [0.29, 0.717) is 28.5 Å². The van der Waals surface area contributed by atoms with E-state index in [0.717, 1.165) is 0 Å². The molecule has 11 heteroatoms. The van der Waals surface area contributed by atoms with Crippen LogP contribution in [-0.4, -0.2) is 32.1 Å². The molecule has 0 saturated heterocycles. The number of carbonyl (C=O) groups excluding carboxylic acids is 1. The van der Waals surface area contributed by atoms with Crippen molar-refractivity contribution in [1.82, 2.24) is 0 Å². The summed E-state index contributed by atoms with van der Waals surface area (Å²) < 4.78 is 69.8. The van der Waals surface area contributed by atoms with Gasteiger partial charge in [-0.2, -0.15) is 21.6 Å². The maximum absolute atomic E-state index is 12.6. The topological polar surface area (TPSA) is 89.9 Å². The van der Waals surface area contributed by atoms with E-state index in [9.17, 15) is 31.5 Å². The van der Waals surface area contributed by atoms with Crippen LogP contribution in [0.4, 0.5) is 13.2 Å². The Morgan fingerprint density at radius 3 is 2.32 bits per heavy atom. The Balaban J connectivity index is 0.000000696. The van der Waals surface area contributed by atoms with Crippen molar-refractivity contribution in [2.24, 2.45) is 0 Å². The summed E-state index contributed by atoms with van der Waals surface area (Å²) in [6.07, 6.45) is -1.21. The van der Waals surface area contributed by atoms with Crippen LogP contribution in [0.25, 0.3) is 10.8 Å². The van der Waals surface area contributed by atoms with E-state index in [1.54, 1.807) is 26.0 Å². The summed E-state index contributed by atoms with van der Waals surface area (Å²) in [5, 5.41) is 10.5. The van der Waals surface area contributed by atoms with Crippen molar-refractivity contribution in [3.05, 3.63) is 39.9 Å². The van der Waals surface area contributed by atoms with Gasteiger partial charge in [-0.3, -0.25) is 4.79 Å². The zero-order chi connectivity index (χ0) is 21.7. The molecule has 2 aromatic rings. The highest BCUT2D eigenvalue weighted by Gasteiger charge is 2.49. The zero-order valence-corrected chi connectivity index (χ0v) is 17.5. The molecule has 0 aliphatic heterocycles. The Kier molecular flexibility index (Phi) is 8.27. The number of aliphatic hydroxyl groups excluding tert-OH is 1. The molecule has 1 unspecified atom stereocenters. The number of rotatable bonds is 5. The zero-order valence-electron chi connectivity index (χ0n) is 15.1. The first-order valence-corrected chi connectivity index (χ1v) is 10.0. The molecular weight excluding hydrogens is 469 g/mol.